The Balaban J connectivity index is 1.74. The second-order valence-electron chi connectivity index (χ2n) is 9.11. The molecular formula is C25H39N5O4. The molecule has 0 bridgehead atoms. The molecule has 0 fully saturated rings. The fourth-order valence-electron chi connectivity index (χ4n) is 2.98. The average molecular weight is 474 g/mol. The first-order valence-electron chi connectivity index (χ1n) is 11.8. The zero-order valence-electron chi connectivity index (χ0n) is 21.0. The molecule has 0 aliphatic heterocycles. The lowest BCUT2D eigenvalue weighted by Gasteiger charge is -2.27. The summed E-state index contributed by atoms with van der Waals surface area (Å²) in [6.45, 7) is 9.56. The molecular weight excluding hydrogens is 434 g/mol. The Morgan fingerprint density at radius 2 is 1.85 bits per heavy atom. The molecule has 2 aromatic rings. The second-order valence-corrected chi connectivity index (χ2v) is 9.11. The summed E-state index contributed by atoms with van der Waals surface area (Å²) in [4.78, 5) is 0. The maximum atomic E-state index is 10.4. The molecule has 1 unspecified atom stereocenters. The molecule has 188 valence electrons. The van der Waals surface area contributed by atoms with Crippen molar-refractivity contribution in [2.75, 3.05) is 33.5 Å². The van der Waals surface area contributed by atoms with Gasteiger partial charge in [-0.25, -0.2) is 0 Å². The van der Waals surface area contributed by atoms with Crippen LogP contribution in [0.25, 0.3) is 0 Å². The maximum Gasteiger partial charge on any atom is 0.233 e. The SMILES string of the molecule is COCCCCc1ccccc1OCC(O)CNC(C)(C)COc1ccc(N=NC(C)C)nn1. The fraction of sp³-hybridized carbons (Fsp3) is 0.600. The monoisotopic (exact) mass is 473 g/mol. The Morgan fingerprint density at radius 3 is 2.56 bits per heavy atom. The van der Waals surface area contributed by atoms with Gasteiger partial charge >= 0.3 is 0 Å². The van der Waals surface area contributed by atoms with Crippen LogP contribution in [-0.4, -0.2) is 66.5 Å². The number of nitrogens with zero attached hydrogens (tertiary/aromatic N) is 4. The molecule has 1 aromatic heterocycles. The molecule has 0 saturated heterocycles. The Labute approximate surface area is 203 Å². The predicted octanol–water partition coefficient (Wildman–Crippen LogP) is 4.12. The highest BCUT2D eigenvalue weighted by Gasteiger charge is 2.20. The van der Waals surface area contributed by atoms with Crippen molar-refractivity contribution in [3.05, 3.63) is 42.0 Å². The van der Waals surface area contributed by atoms with E-state index in [4.69, 9.17) is 14.2 Å². The number of methoxy groups -OCH3 is 1. The molecule has 0 saturated carbocycles. The number of aryl methyl sites for hydroxylation is 1. The van der Waals surface area contributed by atoms with Gasteiger partial charge in [0.1, 0.15) is 25.1 Å². The highest BCUT2D eigenvalue weighted by Crippen LogP contribution is 2.20. The minimum atomic E-state index is -0.661. The predicted molar refractivity (Wildman–Crippen MR) is 132 cm³/mol. The van der Waals surface area contributed by atoms with Crippen LogP contribution in [0.5, 0.6) is 11.6 Å². The van der Waals surface area contributed by atoms with Gasteiger partial charge in [0, 0.05) is 31.9 Å². The minimum Gasteiger partial charge on any atom is -0.491 e. The standard InChI is InChI=1S/C25H39N5O4/c1-19(2)27-28-23-13-14-24(30-29-23)34-18-25(3,4)26-16-21(31)17-33-22-12-7-6-10-20(22)11-8-9-15-32-5/h6-7,10,12-14,19,21,26,31H,8-9,11,15-18H2,1-5H3. The van der Waals surface area contributed by atoms with E-state index in [1.54, 1.807) is 19.2 Å². The van der Waals surface area contributed by atoms with Gasteiger partial charge < -0.3 is 24.6 Å². The summed E-state index contributed by atoms with van der Waals surface area (Å²) in [6.07, 6.45) is 2.30. The van der Waals surface area contributed by atoms with Crippen molar-refractivity contribution in [1.29, 1.82) is 0 Å². The number of unbranched alkanes of at least 4 members (excludes halogenated alkanes) is 1. The topological polar surface area (TPSA) is 110 Å². The summed E-state index contributed by atoms with van der Waals surface area (Å²) in [6, 6.07) is 11.5. The van der Waals surface area contributed by atoms with Gasteiger partial charge in [0.05, 0.1) is 6.04 Å². The zero-order valence-corrected chi connectivity index (χ0v) is 21.0. The Kier molecular flexibility index (Phi) is 11.9. The highest BCUT2D eigenvalue weighted by molar-refractivity contribution is 5.33. The van der Waals surface area contributed by atoms with E-state index in [1.807, 2.05) is 45.9 Å². The maximum absolute atomic E-state index is 10.4. The lowest BCUT2D eigenvalue weighted by atomic mass is 10.1. The highest BCUT2D eigenvalue weighted by atomic mass is 16.5. The first kappa shape index (κ1) is 27.6. The van der Waals surface area contributed by atoms with E-state index >= 15 is 0 Å². The van der Waals surface area contributed by atoms with Crippen LogP contribution in [0, 0.1) is 0 Å². The van der Waals surface area contributed by atoms with Crippen molar-refractivity contribution in [1.82, 2.24) is 15.5 Å². The van der Waals surface area contributed by atoms with E-state index in [1.165, 1.54) is 0 Å². The quantitative estimate of drug-likeness (QED) is 0.279. The Hall–Kier alpha value is -2.62. The molecule has 0 spiro atoms. The van der Waals surface area contributed by atoms with E-state index in [0.29, 0.717) is 24.8 Å². The minimum absolute atomic E-state index is 0.103. The first-order valence-corrected chi connectivity index (χ1v) is 11.8. The van der Waals surface area contributed by atoms with Crippen LogP contribution in [-0.2, 0) is 11.2 Å². The van der Waals surface area contributed by atoms with Crippen molar-refractivity contribution in [2.24, 2.45) is 10.2 Å². The molecule has 0 aliphatic carbocycles. The number of ether oxygens (including phenoxy) is 3. The van der Waals surface area contributed by atoms with Crippen molar-refractivity contribution >= 4 is 5.82 Å². The molecule has 0 amide bonds. The van der Waals surface area contributed by atoms with Crippen LogP contribution in [0.4, 0.5) is 5.82 Å². The summed E-state index contributed by atoms with van der Waals surface area (Å²) in [5, 5.41) is 29.8. The molecule has 1 atom stereocenters. The van der Waals surface area contributed by atoms with Gasteiger partial charge in [-0.3, -0.25) is 0 Å². The number of para-hydroxylation sites is 1. The van der Waals surface area contributed by atoms with Crippen LogP contribution in [0.2, 0.25) is 0 Å². The van der Waals surface area contributed by atoms with E-state index in [-0.39, 0.29) is 12.6 Å². The van der Waals surface area contributed by atoms with Crippen LogP contribution < -0.4 is 14.8 Å². The number of aliphatic hydroxyl groups is 1. The van der Waals surface area contributed by atoms with Gasteiger partial charge in [0.25, 0.3) is 0 Å². The normalized spacial score (nSPS) is 12.9. The molecule has 1 heterocycles. The third-order valence-electron chi connectivity index (χ3n) is 4.86. The van der Waals surface area contributed by atoms with Crippen LogP contribution in [0.1, 0.15) is 46.1 Å². The van der Waals surface area contributed by atoms with E-state index in [2.05, 4.69) is 31.8 Å². The molecule has 9 heteroatoms. The van der Waals surface area contributed by atoms with Gasteiger partial charge in [-0.1, -0.05) is 18.2 Å². The third-order valence-corrected chi connectivity index (χ3v) is 4.86. The number of hydrogen-bond acceptors (Lipinski definition) is 9. The largest absolute Gasteiger partial charge is 0.491 e. The molecule has 9 nitrogen and oxygen atoms in total. The number of aliphatic hydroxyl groups excluding tert-OH is 1. The van der Waals surface area contributed by atoms with Gasteiger partial charge in [-0.2, -0.15) is 5.11 Å². The van der Waals surface area contributed by atoms with E-state index in [9.17, 15) is 5.11 Å². The van der Waals surface area contributed by atoms with Crippen molar-refractivity contribution in [3.8, 4) is 11.6 Å². The first-order chi connectivity index (χ1) is 16.3. The number of benzene rings is 1. The van der Waals surface area contributed by atoms with Crippen LogP contribution >= 0.6 is 0 Å². The lowest BCUT2D eigenvalue weighted by molar-refractivity contribution is 0.0918. The summed E-state index contributed by atoms with van der Waals surface area (Å²) in [5.41, 5.74) is 0.753. The molecule has 34 heavy (non-hydrogen) atoms. The molecule has 2 N–H and O–H groups in total. The summed E-state index contributed by atoms with van der Waals surface area (Å²) in [7, 11) is 1.72. The number of β-amino-alcohol motifs (C(OH)–C–C–N with tert-alkyl or cyclic N) is 1. The van der Waals surface area contributed by atoms with Crippen molar-refractivity contribution in [3.63, 3.8) is 0 Å². The number of nitrogens with one attached hydrogen (secondary N) is 1. The molecule has 0 aliphatic rings. The third kappa shape index (κ3) is 11.0. The summed E-state index contributed by atoms with van der Waals surface area (Å²) < 4.78 is 16.8. The van der Waals surface area contributed by atoms with E-state index < -0.39 is 11.6 Å². The average Bonchev–Trinajstić information content (AvgIpc) is 2.83. The van der Waals surface area contributed by atoms with Crippen molar-refractivity contribution < 1.29 is 19.3 Å². The summed E-state index contributed by atoms with van der Waals surface area (Å²) in [5.74, 6) is 1.67. The van der Waals surface area contributed by atoms with Crippen molar-refractivity contribution in [2.45, 2.75) is 64.6 Å². The summed E-state index contributed by atoms with van der Waals surface area (Å²) >= 11 is 0. The number of rotatable bonds is 16. The van der Waals surface area contributed by atoms with Gasteiger partial charge in [0.15, 0.2) is 5.82 Å². The van der Waals surface area contributed by atoms with Gasteiger partial charge in [-0.05, 0) is 64.7 Å². The second kappa shape index (κ2) is 14.6. The Morgan fingerprint density at radius 1 is 1.06 bits per heavy atom. The van der Waals surface area contributed by atoms with Crippen LogP contribution in [0.15, 0.2) is 46.6 Å². The fourth-order valence-corrected chi connectivity index (χ4v) is 2.98. The number of aromatic nitrogens is 2. The Bertz CT molecular complexity index is 859. The van der Waals surface area contributed by atoms with E-state index in [0.717, 1.165) is 37.2 Å². The lowest BCUT2D eigenvalue weighted by Crippen LogP contribution is -2.48. The molecule has 0 radical (unpaired) electrons. The zero-order chi connectivity index (χ0) is 24.8. The van der Waals surface area contributed by atoms with Gasteiger partial charge in [0.2, 0.25) is 5.88 Å². The molecule has 1 aromatic carbocycles. The number of azo groups is 1. The smallest absolute Gasteiger partial charge is 0.233 e. The number of hydrogen-bond donors (Lipinski definition) is 2. The molecule has 2 rings (SSSR count). The van der Waals surface area contributed by atoms with Crippen LogP contribution in [0.3, 0.4) is 0 Å². The van der Waals surface area contributed by atoms with Gasteiger partial charge in [-0.15, -0.1) is 15.3 Å².